The molecule has 166 valence electrons. The number of halogens is 1. The third-order valence-electron chi connectivity index (χ3n) is 5.82. The first-order valence-corrected chi connectivity index (χ1v) is 10.9. The Labute approximate surface area is 189 Å². The minimum absolute atomic E-state index is 0.0511. The largest absolute Gasteiger partial charge is 0.496 e. The predicted octanol–water partition coefficient (Wildman–Crippen LogP) is 3.62. The summed E-state index contributed by atoms with van der Waals surface area (Å²) in [6.45, 7) is 1.61. The summed E-state index contributed by atoms with van der Waals surface area (Å²) >= 11 is 6.07. The Balaban J connectivity index is 1.55. The normalized spacial score (nSPS) is 15.6. The Morgan fingerprint density at radius 3 is 2.45 bits per heavy atom. The zero-order chi connectivity index (χ0) is 22.4. The lowest BCUT2D eigenvalue weighted by atomic mass is 9.95. The first-order valence-electron chi connectivity index (χ1n) is 10.5. The molecule has 2 aromatic carbocycles. The van der Waals surface area contributed by atoms with Gasteiger partial charge in [-0.25, -0.2) is 0 Å². The molecule has 0 bridgehead atoms. The Morgan fingerprint density at radius 2 is 1.84 bits per heavy atom. The van der Waals surface area contributed by atoms with E-state index in [1.807, 2.05) is 32.3 Å². The highest BCUT2D eigenvalue weighted by molar-refractivity contribution is 6.31. The molecule has 3 rings (SSSR count). The fourth-order valence-electron chi connectivity index (χ4n) is 3.98. The van der Waals surface area contributed by atoms with E-state index in [-0.39, 0.29) is 23.8 Å². The number of rotatable bonds is 7. The summed E-state index contributed by atoms with van der Waals surface area (Å²) in [7, 11) is 5.56. The summed E-state index contributed by atoms with van der Waals surface area (Å²) in [5.74, 6) is 0.346. The van der Waals surface area contributed by atoms with Crippen LogP contribution in [0, 0.1) is 5.92 Å². The van der Waals surface area contributed by atoms with Crippen LogP contribution in [0.1, 0.15) is 34.8 Å². The maximum absolute atomic E-state index is 12.9. The van der Waals surface area contributed by atoms with Crippen molar-refractivity contribution in [2.75, 3.05) is 40.8 Å². The van der Waals surface area contributed by atoms with Crippen LogP contribution in [0.5, 0.6) is 5.75 Å². The topological polar surface area (TPSA) is 61.9 Å². The number of hydrogen-bond acceptors (Lipinski definition) is 4. The molecule has 6 nitrogen and oxygen atoms in total. The first kappa shape index (κ1) is 23.1. The molecule has 1 heterocycles. The van der Waals surface area contributed by atoms with E-state index in [0.717, 1.165) is 0 Å². The molecule has 0 aromatic heterocycles. The van der Waals surface area contributed by atoms with E-state index in [2.05, 4.69) is 22.3 Å². The average Bonchev–Trinajstić information content (AvgIpc) is 2.79. The van der Waals surface area contributed by atoms with Crippen LogP contribution in [0.15, 0.2) is 48.5 Å². The fourth-order valence-corrected chi connectivity index (χ4v) is 4.15. The molecular formula is C24H30ClN3O3. The van der Waals surface area contributed by atoms with Crippen molar-refractivity contribution in [1.82, 2.24) is 15.1 Å². The number of likely N-dealkylation sites (N-methyl/N-ethyl adjacent to an activating group) is 1. The number of methoxy groups -OCH3 is 1. The molecule has 0 aliphatic carbocycles. The van der Waals surface area contributed by atoms with Crippen LogP contribution in [-0.4, -0.2) is 62.5 Å². The summed E-state index contributed by atoms with van der Waals surface area (Å²) in [5.41, 5.74) is 1.62. The summed E-state index contributed by atoms with van der Waals surface area (Å²) in [6, 6.07) is 15.3. The van der Waals surface area contributed by atoms with Gasteiger partial charge in [0.15, 0.2) is 0 Å². The monoisotopic (exact) mass is 443 g/mol. The molecular weight excluding hydrogens is 414 g/mol. The molecule has 7 heteroatoms. The zero-order valence-electron chi connectivity index (χ0n) is 18.3. The number of likely N-dealkylation sites (tertiary alicyclic amines) is 1. The number of hydrogen-bond donors (Lipinski definition) is 1. The lowest BCUT2D eigenvalue weighted by Crippen LogP contribution is -2.44. The van der Waals surface area contributed by atoms with Crippen molar-refractivity contribution in [3.05, 3.63) is 64.7 Å². The van der Waals surface area contributed by atoms with Crippen LogP contribution in [0.3, 0.4) is 0 Å². The van der Waals surface area contributed by atoms with Gasteiger partial charge >= 0.3 is 0 Å². The van der Waals surface area contributed by atoms with Gasteiger partial charge in [-0.05, 0) is 50.7 Å². The number of amides is 2. The van der Waals surface area contributed by atoms with Gasteiger partial charge in [0.2, 0.25) is 5.91 Å². The van der Waals surface area contributed by atoms with E-state index >= 15 is 0 Å². The van der Waals surface area contributed by atoms with E-state index in [4.69, 9.17) is 16.3 Å². The Morgan fingerprint density at radius 1 is 1.16 bits per heavy atom. The highest BCUT2D eigenvalue weighted by Crippen LogP contribution is 2.26. The quantitative estimate of drug-likeness (QED) is 0.710. The Kier molecular flexibility index (Phi) is 7.93. The number of benzene rings is 2. The number of piperidine rings is 1. The number of ether oxygens (including phenoxy) is 1. The second kappa shape index (κ2) is 10.6. The lowest BCUT2D eigenvalue weighted by molar-refractivity contribution is -0.126. The van der Waals surface area contributed by atoms with Gasteiger partial charge in [-0.15, -0.1) is 0 Å². The maximum atomic E-state index is 12.9. The van der Waals surface area contributed by atoms with Crippen LogP contribution >= 0.6 is 11.6 Å². The van der Waals surface area contributed by atoms with Crippen LogP contribution in [0.2, 0.25) is 5.02 Å². The highest BCUT2D eigenvalue weighted by atomic mass is 35.5. The molecule has 0 saturated carbocycles. The van der Waals surface area contributed by atoms with E-state index < -0.39 is 0 Å². The standard InChI is InChI=1S/C24H30ClN3O3/c1-27(2)21(17-7-5-4-6-8-17)16-26-23(29)18-11-13-28(14-12-18)24(30)20-15-19(25)9-10-22(20)31-3/h4-10,15,18,21H,11-14,16H2,1-3H3,(H,26,29). The van der Waals surface area contributed by atoms with Crippen molar-refractivity contribution < 1.29 is 14.3 Å². The van der Waals surface area contributed by atoms with Crippen LogP contribution in [-0.2, 0) is 4.79 Å². The maximum Gasteiger partial charge on any atom is 0.257 e. The minimum Gasteiger partial charge on any atom is -0.496 e. The van der Waals surface area contributed by atoms with Crippen molar-refractivity contribution >= 4 is 23.4 Å². The molecule has 0 spiro atoms. The predicted molar refractivity (Wildman–Crippen MR) is 123 cm³/mol. The molecule has 1 unspecified atom stereocenters. The van der Waals surface area contributed by atoms with Crippen molar-refractivity contribution in [1.29, 1.82) is 0 Å². The van der Waals surface area contributed by atoms with Gasteiger partial charge in [0.1, 0.15) is 5.75 Å². The zero-order valence-corrected chi connectivity index (χ0v) is 19.1. The van der Waals surface area contributed by atoms with Gasteiger partial charge in [-0.2, -0.15) is 0 Å². The van der Waals surface area contributed by atoms with Gasteiger partial charge in [0.05, 0.1) is 18.7 Å². The number of carbonyl (C=O) groups is 2. The molecule has 1 N–H and O–H groups in total. The number of nitrogens with zero attached hydrogens (tertiary/aromatic N) is 2. The number of carbonyl (C=O) groups excluding carboxylic acids is 2. The molecule has 1 aliphatic rings. The van der Waals surface area contributed by atoms with E-state index in [1.165, 1.54) is 12.7 Å². The van der Waals surface area contributed by atoms with E-state index in [0.29, 0.717) is 48.8 Å². The summed E-state index contributed by atoms with van der Waals surface area (Å²) in [4.78, 5) is 29.6. The molecule has 1 saturated heterocycles. The van der Waals surface area contributed by atoms with Gasteiger partial charge < -0.3 is 19.9 Å². The van der Waals surface area contributed by atoms with Crippen molar-refractivity contribution in [2.45, 2.75) is 18.9 Å². The summed E-state index contributed by atoms with van der Waals surface area (Å²) in [5, 5.41) is 3.61. The number of nitrogens with one attached hydrogen (secondary N) is 1. The second-order valence-electron chi connectivity index (χ2n) is 8.05. The fraction of sp³-hybridized carbons (Fsp3) is 0.417. The molecule has 1 atom stereocenters. The smallest absolute Gasteiger partial charge is 0.257 e. The van der Waals surface area contributed by atoms with Crippen molar-refractivity contribution in [3.8, 4) is 5.75 Å². The molecule has 2 aromatic rings. The third-order valence-corrected chi connectivity index (χ3v) is 6.06. The molecule has 0 radical (unpaired) electrons. The summed E-state index contributed by atoms with van der Waals surface area (Å²) in [6.07, 6.45) is 1.27. The third kappa shape index (κ3) is 5.77. The van der Waals surface area contributed by atoms with E-state index in [1.54, 1.807) is 23.1 Å². The SMILES string of the molecule is COc1ccc(Cl)cc1C(=O)N1CCC(C(=O)NCC(c2ccccc2)N(C)C)CC1. The summed E-state index contributed by atoms with van der Waals surface area (Å²) < 4.78 is 5.31. The van der Waals surface area contributed by atoms with Gasteiger partial charge in [0, 0.05) is 30.6 Å². The van der Waals surface area contributed by atoms with Crippen molar-refractivity contribution in [2.24, 2.45) is 5.92 Å². The van der Waals surface area contributed by atoms with E-state index in [9.17, 15) is 9.59 Å². The molecule has 2 amide bonds. The molecule has 1 aliphatic heterocycles. The lowest BCUT2D eigenvalue weighted by Gasteiger charge is -2.32. The second-order valence-corrected chi connectivity index (χ2v) is 8.48. The average molecular weight is 444 g/mol. The molecule has 31 heavy (non-hydrogen) atoms. The van der Waals surface area contributed by atoms with Crippen LogP contribution in [0.4, 0.5) is 0 Å². The minimum atomic E-state index is -0.116. The van der Waals surface area contributed by atoms with Crippen LogP contribution < -0.4 is 10.1 Å². The van der Waals surface area contributed by atoms with Crippen LogP contribution in [0.25, 0.3) is 0 Å². The highest BCUT2D eigenvalue weighted by Gasteiger charge is 2.29. The Hall–Kier alpha value is -2.57. The van der Waals surface area contributed by atoms with Crippen molar-refractivity contribution in [3.63, 3.8) is 0 Å². The van der Waals surface area contributed by atoms with Gasteiger partial charge in [-0.3, -0.25) is 9.59 Å². The van der Waals surface area contributed by atoms with Gasteiger partial charge in [-0.1, -0.05) is 41.9 Å². The molecule has 1 fully saturated rings. The first-order chi connectivity index (χ1) is 14.9. The van der Waals surface area contributed by atoms with Gasteiger partial charge in [0.25, 0.3) is 5.91 Å². The Bertz CT molecular complexity index is 896.